The van der Waals surface area contributed by atoms with Crippen LogP contribution >= 0.6 is 0 Å². The summed E-state index contributed by atoms with van der Waals surface area (Å²) >= 11 is 0. The summed E-state index contributed by atoms with van der Waals surface area (Å²) in [5.74, 6) is -1.75. The molecule has 0 aromatic heterocycles. The van der Waals surface area contributed by atoms with Crippen LogP contribution in [0.5, 0.6) is 0 Å². The Morgan fingerprint density at radius 1 is 1.27 bits per heavy atom. The number of halogens is 3. The average molecular weight is 439 g/mol. The summed E-state index contributed by atoms with van der Waals surface area (Å²) in [6, 6.07) is -0.273. The van der Waals surface area contributed by atoms with E-state index < -0.39 is 12.1 Å². The number of hydrogen-bond donors (Lipinski definition) is 2. The molecular formula is C18H28F3N3O6. The van der Waals surface area contributed by atoms with Crippen molar-refractivity contribution in [2.75, 3.05) is 53.6 Å². The lowest BCUT2D eigenvalue weighted by molar-refractivity contribution is -0.201. The van der Waals surface area contributed by atoms with Gasteiger partial charge in [-0.15, -0.1) is 0 Å². The van der Waals surface area contributed by atoms with Crippen LogP contribution in [0.4, 0.5) is 13.2 Å². The van der Waals surface area contributed by atoms with E-state index in [0.29, 0.717) is 45.3 Å². The number of amides is 2. The third-order valence-electron chi connectivity index (χ3n) is 5.46. The summed E-state index contributed by atoms with van der Waals surface area (Å²) < 4.78 is 42.7. The van der Waals surface area contributed by atoms with Crippen molar-refractivity contribution in [1.82, 2.24) is 15.1 Å². The minimum absolute atomic E-state index is 0.0292. The van der Waals surface area contributed by atoms with E-state index in [-0.39, 0.29) is 29.4 Å². The van der Waals surface area contributed by atoms with Crippen molar-refractivity contribution < 1.29 is 42.1 Å². The van der Waals surface area contributed by atoms with Gasteiger partial charge in [-0.25, -0.2) is 4.79 Å². The number of aliphatic carboxylic acids is 1. The number of alkyl halides is 3. The highest BCUT2D eigenvalue weighted by Gasteiger charge is 2.54. The molecule has 0 aromatic carbocycles. The zero-order valence-corrected chi connectivity index (χ0v) is 17.2. The number of nitrogens with one attached hydrogen (secondary N) is 1. The second-order valence-corrected chi connectivity index (χ2v) is 8.03. The number of rotatable bonds is 5. The van der Waals surface area contributed by atoms with Crippen LogP contribution in [-0.2, 0) is 23.9 Å². The summed E-state index contributed by atoms with van der Waals surface area (Å²) in [6.07, 6.45) is -4.06. The molecule has 2 heterocycles. The van der Waals surface area contributed by atoms with Crippen LogP contribution < -0.4 is 5.32 Å². The highest BCUT2D eigenvalue weighted by Crippen LogP contribution is 2.42. The number of ether oxygens (including phenoxy) is 2. The van der Waals surface area contributed by atoms with E-state index in [0.717, 1.165) is 6.42 Å². The van der Waals surface area contributed by atoms with Crippen LogP contribution in [0.25, 0.3) is 0 Å². The first kappa shape index (κ1) is 24.4. The number of carboxylic acid groups (broad SMARTS) is 1. The molecule has 1 spiro atoms. The summed E-state index contributed by atoms with van der Waals surface area (Å²) in [5, 5.41) is 9.98. The topological polar surface area (TPSA) is 108 Å². The second-order valence-electron chi connectivity index (χ2n) is 8.03. The standard InChI is InChI=1S/C16H27N3O4.C2HF3O2/c1-11-6-12(11)15(21)19-9-16(10-19)8-18(2)13(7-23-16)14(20)17-4-5-22-3;3-2(4,5)1(6)7/h11-13H,4-10H2,1-3H3,(H,17,20);(H,6,7). The second kappa shape index (κ2) is 9.48. The highest BCUT2D eigenvalue weighted by atomic mass is 19.4. The SMILES string of the molecule is COCCNC(=O)C1COC2(CN(C(=O)C3CC3C)C2)CN1C.O=C(O)C(F)(F)F. The predicted octanol–water partition coefficient (Wildman–Crippen LogP) is -0.0501. The minimum atomic E-state index is -5.08. The van der Waals surface area contributed by atoms with Gasteiger partial charge in [0.1, 0.15) is 11.6 Å². The lowest BCUT2D eigenvalue weighted by Gasteiger charge is -2.54. The van der Waals surface area contributed by atoms with Crippen molar-refractivity contribution in [1.29, 1.82) is 0 Å². The van der Waals surface area contributed by atoms with Gasteiger partial charge in [-0.3, -0.25) is 14.5 Å². The zero-order chi connectivity index (χ0) is 22.7. The summed E-state index contributed by atoms with van der Waals surface area (Å²) in [5.41, 5.74) is -0.286. The third-order valence-corrected chi connectivity index (χ3v) is 5.46. The first-order chi connectivity index (χ1) is 13.9. The van der Waals surface area contributed by atoms with Gasteiger partial charge in [0.05, 0.1) is 26.3 Å². The number of hydrogen-bond acceptors (Lipinski definition) is 6. The molecular weight excluding hydrogens is 411 g/mol. The Kier molecular flexibility index (Phi) is 7.69. The molecule has 1 saturated carbocycles. The third kappa shape index (κ3) is 6.05. The lowest BCUT2D eigenvalue weighted by Crippen LogP contribution is -2.73. The van der Waals surface area contributed by atoms with Crippen molar-refractivity contribution >= 4 is 17.8 Å². The van der Waals surface area contributed by atoms with Crippen LogP contribution in [-0.4, -0.2) is 104 Å². The van der Waals surface area contributed by atoms with Crippen LogP contribution in [0.3, 0.4) is 0 Å². The molecule has 0 aromatic rings. The molecule has 0 radical (unpaired) electrons. The Balaban J connectivity index is 0.000000396. The number of morpholine rings is 1. The average Bonchev–Trinajstić information content (AvgIpc) is 3.35. The molecule has 2 N–H and O–H groups in total. The maximum absolute atomic E-state index is 12.2. The first-order valence-corrected chi connectivity index (χ1v) is 9.60. The zero-order valence-electron chi connectivity index (χ0n) is 17.2. The molecule has 1 aliphatic carbocycles. The molecule has 3 aliphatic rings. The van der Waals surface area contributed by atoms with E-state index in [4.69, 9.17) is 19.4 Å². The molecule has 3 unspecified atom stereocenters. The molecule has 172 valence electrons. The number of carbonyl (C=O) groups is 3. The molecule has 30 heavy (non-hydrogen) atoms. The molecule has 3 fully saturated rings. The van der Waals surface area contributed by atoms with Gasteiger partial charge in [0.25, 0.3) is 0 Å². The maximum atomic E-state index is 12.2. The van der Waals surface area contributed by atoms with E-state index in [1.165, 1.54) is 0 Å². The van der Waals surface area contributed by atoms with Gasteiger partial charge in [0.2, 0.25) is 11.8 Å². The van der Waals surface area contributed by atoms with Gasteiger partial charge < -0.3 is 24.8 Å². The van der Waals surface area contributed by atoms with Crippen molar-refractivity contribution in [3.63, 3.8) is 0 Å². The van der Waals surface area contributed by atoms with Gasteiger partial charge in [0.15, 0.2) is 0 Å². The number of carbonyl (C=O) groups excluding carboxylic acids is 2. The van der Waals surface area contributed by atoms with Crippen LogP contribution in [0, 0.1) is 11.8 Å². The molecule has 9 nitrogen and oxygen atoms in total. The van der Waals surface area contributed by atoms with E-state index in [2.05, 4.69) is 12.2 Å². The fraction of sp³-hybridized carbons (Fsp3) is 0.833. The normalized spacial score (nSPS) is 27.5. The van der Waals surface area contributed by atoms with E-state index >= 15 is 0 Å². The summed E-state index contributed by atoms with van der Waals surface area (Å²) in [7, 11) is 3.55. The van der Waals surface area contributed by atoms with Crippen LogP contribution in [0.15, 0.2) is 0 Å². The predicted molar refractivity (Wildman–Crippen MR) is 97.5 cm³/mol. The summed E-state index contributed by atoms with van der Waals surface area (Å²) in [6.45, 7) is 5.48. The highest BCUT2D eigenvalue weighted by molar-refractivity contribution is 5.83. The number of nitrogens with zero attached hydrogens (tertiary/aromatic N) is 2. The molecule has 2 aliphatic heterocycles. The molecule has 0 bridgehead atoms. The van der Waals surface area contributed by atoms with Crippen molar-refractivity contribution in [3.05, 3.63) is 0 Å². The molecule has 3 rings (SSSR count). The van der Waals surface area contributed by atoms with Crippen molar-refractivity contribution in [2.45, 2.75) is 31.2 Å². The first-order valence-electron chi connectivity index (χ1n) is 9.60. The van der Waals surface area contributed by atoms with Crippen LogP contribution in [0.2, 0.25) is 0 Å². The van der Waals surface area contributed by atoms with Gasteiger partial charge in [-0.2, -0.15) is 13.2 Å². The van der Waals surface area contributed by atoms with Gasteiger partial charge >= 0.3 is 12.1 Å². The van der Waals surface area contributed by atoms with E-state index in [9.17, 15) is 22.8 Å². The number of carboxylic acids is 1. The Labute approximate surface area is 172 Å². The Morgan fingerprint density at radius 3 is 2.27 bits per heavy atom. The molecule has 2 amide bonds. The number of likely N-dealkylation sites (tertiary alicyclic amines) is 1. The molecule has 2 saturated heterocycles. The maximum Gasteiger partial charge on any atom is 0.490 e. The molecule has 3 atom stereocenters. The van der Waals surface area contributed by atoms with Crippen molar-refractivity contribution in [3.8, 4) is 0 Å². The van der Waals surface area contributed by atoms with Gasteiger partial charge in [-0.05, 0) is 19.4 Å². The van der Waals surface area contributed by atoms with E-state index in [1.807, 2.05) is 16.8 Å². The lowest BCUT2D eigenvalue weighted by atomic mass is 9.90. The van der Waals surface area contributed by atoms with Gasteiger partial charge in [-0.1, -0.05) is 6.92 Å². The Hall–Kier alpha value is -1.92. The largest absolute Gasteiger partial charge is 0.490 e. The number of likely N-dealkylation sites (N-methyl/N-ethyl adjacent to an activating group) is 1. The fourth-order valence-corrected chi connectivity index (χ4v) is 3.56. The smallest absolute Gasteiger partial charge is 0.475 e. The van der Waals surface area contributed by atoms with Crippen molar-refractivity contribution in [2.24, 2.45) is 11.8 Å². The quantitative estimate of drug-likeness (QED) is 0.579. The minimum Gasteiger partial charge on any atom is -0.475 e. The van der Waals surface area contributed by atoms with Gasteiger partial charge in [0, 0.05) is 26.1 Å². The Morgan fingerprint density at radius 2 is 1.83 bits per heavy atom. The monoisotopic (exact) mass is 439 g/mol. The fourth-order valence-electron chi connectivity index (χ4n) is 3.56. The number of methoxy groups -OCH3 is 1. The van der Waals surface area contributed by atoms with Crippen LogP contribution in [0.1, 0.15) is 13.3 Å². The summed E-state index contributed by atoms with van der Waals surface area (Å²) in [4.78, 5) is 37.2. The van der Waals surface area contributed by atoms with E-state index in [1.54, 1.807) is 7.11 Å². The molecule has 12 heteroatoms. The Bertz CT molecular complexity index is 654.